The van der Waals surface area contributed by atoms with E-state index in [4.69, 9.17) is 0 Å². The Morgan fingerprint density at radius 1 is 1.47 bits per heavy atom. The number of hydrogen-bond acceptors (Lipinski definition) is 1. The van der Waals surface area contributed by atoms with Crippen LogP contribution in [0.15, 0.2) is 18.2 Å². The highest BCUT2D eigenvalue weighted by Gasteiger charge is 2.23. The predicted octanol–water partition coefficient (Wildman–Crippen LogP) is 2.66. The smallest absolute Gasteiger partial charge is 0.315 e. The molecule has 2 amide bonds. The molecule has 0 aliphatic heterocycles. The minimum atomic E-state index is -0.237. The van der Waals surface area contributed by atoms with Crippen LogP contribution < -0.4 is 10.6 Å². The largest absolute Gasteiger partial charge is 0.335 e. The van der Waals surface area contributed by atoms with Gasteiger partial charge in [-0.25, -0.2) is 9.18 Å². The Balaban J connectivity index is 1.95. The Kier molecular flexibility index (Phi) is 3.31. The molecule has 1 unspecified atom stereocenters. The van der Waals surface area contributed by atoms with Crippen molar-refractivity contribution in [1.29, 1.82) is 0 Å². The van der Waals surface area contributed by atoms with Gasteiger partial charge in [-0.2, -0.15) is 0 Å². The molecular weight excluding hydrogens is 219 g/mol. The SMILES string of the molecule is Cc1ccc(C(C)NC(=O)NC2CC2)cc1F. The third kappa shape index (κ3) is 3.19. The predicted molar refractivity (Wildman–Crippen MR) is 64.2 cm³/mol. The molecule has 17 heavy (non-hydrogen) atoms. The number of rotatable bonds is 3. The maximum atomic E-state index is 13.4. The molecular formula is C13H17FN2O. The van der Waals surface area contributed by atoms with Gasteiger partial charge in [-0.15, -0.1) is 0 Å². The Morgan fingerprint density at radius 2 is 2.18 bits per heavy atom. The molecule has 0 spiro atoms. The molecule has 1 aromatic carbocycles. The fourth-order valence-electron chi connectivity index (χ4n) is 1.61. The van der Waals surface area contributed by atoms with E-state index in [9.17, 15) is 9.18 Å². The highest BCUT2D eigenvalue weighted by atomic mass is 19.1. The van der Waals surface area contributed by atoms with E-state index in [-0.39, 0.29) is 17.9 Å². The summed E-state index contributed by atoms with van der Waals surface area (Å²) in [5.41, 5.74) is 1.39. The standard InChI is InChI=1S/C13H17FN2O/c1-8-3-4-10(7-12(8)14)9(2)15-13(17)16-11-5-6-11/h3-4,7,9,11H,5-6H2,1-2H3,(H2,15,16,17). The van der Waals surface area contributed by atoms with Gasteiger partial charge in [-0.1, -0.05) is 12.1 Å². The van der Waals surface area contributed by atoms with Crippen molar-refractivity contribution >= 4 is 6.03 Å². The van der Waals surface area contributed by atoms with Crippen molar-refractivity contribution in [2.45, 2.75) is 38.8 Å². The number of carbonyl (C=O) groups excluding carboxylic acids is 1. The molecule has 1 aliphatic carbocycles. The summed E-state index contributed by atoms with van der Waals surface area (Å²) >= 11 is 0. The van der Waals surface area contributed by atoms with Crippen molar-refractivity contribution in [2.24, 2.45) is 0 Å². The van der Waals surface area contributed by atoms with Gasteiger partial charge in [-0.3, -0.25) is 0 Å². The van der Waals surface area contributed by atoms with E-state index < -0.39 is 0 Å². The third-order valence-corrected chi connectivity index (χ3v) is 2.96. The molecule has 0 heterocycles. The minimum absolute atomic E-state index is 0.180. The summed E-state index contributed by atoms with van der Waals surface area (Å²) in [4.78, 5) is 11.5. The topological polar surface area (TPSA) is 41.1 Å². The lowest BCUT2D eigenvalue weighted by molar-refractivity contribution is 0.237. The lowest BCUT2D eigenvalue weighted by Gasteiger charge is -2.15. The maximum Gasteiger partial charge on any atom is 0.315 e. The molecule has 1 fully saturated rings. The molecule has 2 rings (SSSR count). The molecule has 1 aromatic rings. The molecule has 1 aliphatic rings. The number of hydrogen-bond donors (Lipinski definition) is 2. The highest BCUT2D eigenvalue weighted by Crippen LogP contribution is 2.19. The van der Waals surface area contributed by atoms with Crippen LogP contribution in [0.4, 0.5) is 9.18 Å². The fraction of sp³-hybridized carbons (Fsp3) is 0.462. The maximum absolute atomic E-state index is 13.4. The van der Waals surface area contributed by atoms with Crippen molar-refractivity contribution in [3.63, 3.8) is 0 Å². The summed E-state index contributed by atoms with van der Waals surface area (Å²) in [6.07, 6.45) is 2.11. The van der Waals surface area contributed by atoms with Gasteiger partial charge in [0.1, 0.15) is 5.82 Å². The first kappa shape index (κ1) is 11.9. The van der Waals surface area contributed by atoms with E-state index in [1.54, 1.807) is 13.0 Å². The van der Waals surface area contributed by atoms with E-state index >= 15 is 0 Å². The highest BCUT2D eigenvalue weighted by molar-refractivity contribution is 5.75. The molecule has 0 radical (unpaired) electrons. The lowest BCUT2D eigenvalue weighted by Crippen LogP contribution is -2.38. The van der Waals surface area contributed by atoms with Crippen LogP contribution in [0.3, 0.4) is 0 Å². The van der Waals surface area contributed by atoms with Gasteiger partial charge in [0, 0.05) is 6.04 Å². The summed E-state index contributed by atoms with van der Waals surface area (Å²) in [7, 11) is 0. The van der Waals surface area contributed by atoms with Crippen molar-refractivity contribution in [2.75, 3.05) is 0 Å². The van der Waals surface area contributed by atoms with Gasteiger partial charge < -0.3 is 10.6 Å². The zero-order valence-electron chi connectivity index (χ0n) is 10.1. The summed E-state index contributed by atoms with van der Waals surface area (Å²) in [6.45, 7) is 3.56. The number of aryl methyl sites for hydroxylation is 1. The van der Waals surface area contributed by atoms with Crippen LogP contribution in [0, 0.1) is 12.7 Å². The second-order valence-corrected chi connectivity index (χ2v) is 4.62. The number of carbonyl (C=O) groups is 1. The molecule has 92 valence electrons. The monoisotopic (exact) mass is 236 g/mol. The summed E-state index contributed by atoms with van der Waals surface area (Å²) in [6, 6.07) is 4.99. The Bertz CT molecular complexity index is 429. The number of nitrogens with one attached hydrogen (secondary N) is 2. The molecule has 3 nitrogen and oxygen atoms in total. The zero-order chi connectivity index (χ0) is 12.4. The Labute approximate surface area is 100 Å². The van der Waals surface area contributed by atoms with Crippen LogP contribution in [0.2, 0.25) is 0 Å². The van der Waals surface area contributed by atoms with Gasteiger partial charge >= 0.3 is 6.03 Å². The average molecular weight is 236 g/mol. The van der Waals surface area contributed by atoms with E-state index in [1.165, 1.54) is 6.07 Å². The van der Waals surface area contributed by atoms with Crippen LogP contribution in [-0.2, 0) is 0 Å². The quantitative estimate of drug-likeness (QED) is 0.832. The summed E-state index contributed by atoms with van der Waals surface area (Å²) in [5, 5.41) is 5.63. The second-order valence-electron chi connectivity index (χ2n) is 4.62. The number of amides is 2. The summed E-state index contributed by atoms with van der Waals surface area (Å²) in [5.74, 6) is -0.237. The van der Waals surface area contributed by atoms with Gasteiger partial charge in [0.15, 0.2) is 0 Å². The molecule has 0 saturated heterocycles. The van der Waals surface area contributed by atoms with Crippen LogP contribution in [0.25, 0.3) is 0 Å². The summed E-state index contributed by atoms with van der Waals surface area (Å²) < 4.78 is 13.4. The Hall–Kier alpha value is -1.58. The van der Waals surface area contributed by atoms with Crippen LogP contribution in [0.1, 0.15) is 36.9 Å². The van der Waals surface area contributed by atoms with Gasteiger partial charge in [-0.05, 0) is 43.9 Å². The first-order valence-electron chi connectivity index (χ1n) is 5.89. The molecule has 2 N–H and O–H groups in total. The van der Waals surface area contributed by atoms with E-state index in [0.29, 0.717) is 11.6 Å². The zero-order valence-corrected chi connectivity index (χ0v) is 10.1. The number of halogens is 1. The second kappa shape index (κ2) is 4.73. The minimum Gasteiger partial charge on any atom is -0.335 e. The van der Waals surface area contributed by atoms with Crippen molar-refractivity contribution < 1.29 is 9.18 Å². The normalized spacial score (nSPS) is 16.4. The third-order valence-electron chi connectivity index (χ3n) is 2.96. The molecule has 1 saturated carbocycles. The lowest BCUT2D eigenvalue weighted by atomic mass is 10.1. The van der Waals surface area contributed by atoms with Crippen molar-refractivity contribution in [3.05, 3.63) is 35.1 Å². The first-order valence-corrected chi connectivity index (χ1v) is 5.89. The molecule has 0 aromatic heterocycles. The van der Waals surface area contributed by atoms with Gasteiger partial charge in [0.05, 0.1) is 6.04 Å². The van der Waals surface area contributed by atoms with Crippen LogP contribution in [0.5, 0.6) is 0 Å². The Morgan fingerprint density at radius 3 is 2.76 bits per heavy atom. The van der Waals surface area contributed by atoms with Gasteiger partial charge in [0.25, 0.3) is 0 Å². The first-order chi connectivity index (χ1) is 8.06. The van der Waals surface area contributed by atoms with Crippen LogP contribution in [-0.4, -0.2) is 12.1 Å². The van der Waals surface area contributed by atoms with Crippen molar-refractivity contribution in [1.82, 2.24) is 10.6 Å². The number of benzene rings is 1. The molecule has 0 bridgehead atoms. The van der Waals surface area contributed by atoms with Gasteiger partial charge in [0.2, 0.25) is 0 Å². The molecule has 1 atom stereocenters. The van der Waals surface area contributed by atoms with E-state index in [2.05, 4.69) is 10.6 Å². The number of urea groups is 1. The molecule has 4 heteroatoms. The average Bonchev–Trinajstić information content (AvgIpc) is 3.05. The fourth-order valence-corrected chi connectivity index (χ4v) is 1.61. The van der Waals surface area contributed by atoms with Crippen LogP contribution >= 0.6 is 0 Å². The van der Waals surface area contributed by atoms with E-state index in [0.717, 1.165) is 18.4 Å². The van der Waals surface area contributed by atoms with E-state index in [1.807, 2.05) is 13.0 Å². The van der Waals surface area contributed by atoms with Crippen molar-refractivity contribution in [3.8, 4) is 0 Å².